The van der Waals surface area contributed by atoms with Crippen LogP contribution < -0.4 is 4.90 Å². The van der Waals surface area contributed by atoms with E-state index in [0.29, 0.717) is 18.1 Å². The molecule has 0 fully saturated rings. The zero-order valence-corrected chi connectivity index (χ0v) is 14.1. The van der Waals surface area contributed by atoms with Gasteiger partial charge in [0.2, 0.25) is 5.13 Å². The van der Waals surface area contributed by atoms with E-state index >= 15 is 0 Å². The van der Waals surface area contributed by atoms with E-state index < -0.39 is 0 Å². The number of rotatable bonds is 5. The SMILES string of the molecule is CC(C)(C)c1nsc(N(CCO)Cc2cccc(Cl)c2)n1. The molecule has 2 aromatic rings. The Bertz CT molecular complexity index is 595. The van der Waals surface area contributed by atoms with Gasteiger partial charge in [-0.25, -0.2) is 4.98 Å². The van der Waals surface area contributed by atoms with Gasteiger partial charge >= 0.3 is 0 Å². The minimum atomic E-state index is -0.0737. The highest BCUT2D eigenvalue weighted by Crippen LogP contribution is 2.26. The molecule has 0 amide bonds. The smallest absolute Gasteiger partial charge is 0.205 e. The van der Waals surface area contributed by atoms with Crippen molar-refractivity contribution in [2.24, 2.45) is 0 Å². The summed E-state index contributed by atoms with van der Waals surface area (Å²) in [7, 11) is 0. The summed E-state index contributed by atoms with van der Waals surface area (Å²) < 4.78 is 4.43. The average Bonchev–Trinajstić information content (AvgIpc) is 2.87. The Morgan fingerprint density at radius 1 is 1.33 bits per heavy atom. The van der Waals surface area contributed by atoms with Crippen molar-refractivity contribution in [3.05, 3.63) is 40.7 Å². The van der Waals surface area contributed by atoms with Gasteiger partial charge in [0.15, 0.2) is 0 Å². The summed E-state index contributed by atoms with van der Waals surface area (Å²) in [5, 5.41) is 10.8. The first-order valence-electron chi connectivity index (χ1n) is 6.84. The van der Waals surface area contributed by atoms with E-state index in [9.17, 15) is 5.11 Å². The van der Waals surface area contributed by atoms with E-state index in [1.54, 1.807) is 0 Å². The Kier molecular flexibility index (Phi) is 5.19. The molecule has 0 spiro atoms. The van der Waals surface area contributed by atoms with Gasteiger partial charge in [0.05, 0.1) is 6.61 Å². The second-order valence-corrected chi connectivity index (χ2v) is 7.09. The van der Waals surface area contributed by atoms with Crippen LogP contribution in [0.4, 0.5) is 5.13 Å². The van der Waals surface area contributed by atoms with Crippen molar-refractivity contribution < 1.29 is 5.11 Å². The Morgan fingerprint density at radius 3 is 2.67 bits per heavy atom. The van der Waals surface area contributed by atoms with E-state index in [1.807, 2.05) is 29.2 Å². The van der Waals surface area contributed by atoms with Crippen molar-refractivity contribution in [3.63, 3.8) is 0 Å². The normalized spacial score (nSPS) is 11.7. The number of hydrogen-bond acceptors (Lipinski definition) is 5. The number of aliphatic hydroxyl groups excluding tert-OH is 1. The maximum Gasteiger partial charge on any atom is 0.205 e. The lowest BCUT2D eigenvalue weighted by Crippen LogP contribution is -2.26. The summed E-state index contributed by atoms with van der Waals surface area (Å²) in [5.74, 6) is 0.830. The molecule has 0 unspecified atom stereocenters. The molecule has 0 saturated carbocycles. The highest BCUT2D eigenvalue weighted by atomic mass is 35.5. The van der Waals surface area contributed by atoms with Crippen LogP contribution in [0.5, 0.6) is 0 Å². The third kappa shape index (κ3) is 4.40. The Morgan fingerprint density at radius 2 is 2.10 bits per heavy atom. The van der Waals surface area contributed by atoms with Crippen LogP contribution in [-0.2, 0) is 12.0 Å². The van der Waals surface area contributed by atoms with Crippen LogP contribution >= 0.6 is 23.1 Å². The van der Waals surface area contributed by atoms with Crippen molar-refractivity contribution in [1.82, 2.24) is 9.36 Å². The Labute approximate surface area is 134 Å². The highest BCUT2D eigenvalue weighted by molar-refractivity contribution is 7.09. The minimum absolute atomic E-state index is 0.0737. The molecule has 0 aliphatic heterocycles. The number of hydrogen-bond donors (Lipinski definition) is 1. The first-order chi connectivity index (χ1) is 9.90. The van der Waals surface area contributed by atoms with Gasteiger partial charge in [0, 0.05) is 35.1 Å². The molecule has 0 bridgehead atoms. The van der Waals surface area contributed by atoms with Crippen LogP contribution in [0, 0.1) is 0 Å². The lowest BCUT2D eigenvalue weighted by atomic mass is 9.96. The standard InChI is InChI=1S/C15H20ClN3OS/c1-15(2,3)13-17-14(21-18-13)19(7-8-20)10-11-5-4-6-12(16)9-11/h4-6,9,20H,7-8,10H2,1-3H3. The maximum atomic E-state index is 9.29. The molecular weight excluding hydrogens is 306 g/mol. The van der Waals surface area contributed by atoms with E-state index in [1.165, 1.54) is 11.5 Å². The summed E-state index contributed by atoms with van der Waals surface area (Å²) in [5.41, 5.74) is 1.01. The number of anilines is 1. The van der Waals surface area contributed by atoms with E-state index in [4.69, 9.17) is 11.6 Å². The van der Waals surface area contributed by atoms with Gasteiger partial charge < -0.3 is 10.0 Å². The average molecular weight is 326 g/mol. The zero-order chi connectivity index (χ0) is 15.5. The van der Waals surface area contributed by atoms with Crippen molar-refractivity contribution in [1.29, 1.82) is 0 Å². The van der Waals surface area contributed by atoms with Crippen molar-refractivity contribution in [3.8, 4) is 0 Å². The number of halogens is 1. The summed E-state index contributed by atoms with van der Waals surface area (Å²) in [6.45, 7) is 7.51. The predicted molar refractivity (Wildman–Crippen MR) is 88.2 cm³/mol. The van der Waals surface area contributed by atoms with Crippen molar-refractivity contribution in [2.45, 2.75) is 32.7 Å². The van der Waals surface area contributed by atoms with Crippen LogP contribution in [0.3, 0.4) is 0 Å². The number of aliphatic hydroxyl groups is 1. The fourth-order valence-electron chi connectivity index (χ4n) is 1.87. The van der Waals surface area contributed by atoms with Crippen LogP contribution in [0.1, 0.15) is 32.2 Å². The fraction of sp³-hybridized carbons (Fsp3) is 0.467. The molecule has 0 saturated heterocycles. The molecule has 0 radical (unpaired) electrons. The molecule has 6 heteroatoms. The van der Waals surface area contributed by atoms with Crippen molar-refractivity contribution >= 4 is 28.3 Å². The quantitative estimate of drug-likeness (QED) is 0.914. The number of aromatic nitrogens is 2. The van der Waals surface area contributed by atoms with Crippen LogP contribution in [0.2, 0.25) is 5.02 Å². The van der Waals surface area contributed by atoms with Gasteiger partial charge in [0.25, 0.3) is 0 Å². The molecule has 21 heavy (non-hydrogen) atoms. The number of benzene rings is 1. The molecule has 2 rings (SSSR count). The largest absolute Gasteiger partial charge is 0.395 e. The van der Waals surface area contributed by atoms with Gasteiger partial charge in [-0.05, 0) is 17.7 Å². The maximum absolute atomic E-state index is 9.29. The van der Waals surface area contributed by atoms with Gasteiger partial charge in [0.1, 0.15) is 5.82 Å². The lowest BCUT2D eigenvalue weighted by Gasteiger charge is -2.20. The summed E-state index contributed by atoms with van der Waals surface area (Å²) >= 11 is 7.39. The van der Waals surface area contributed by atoms with Crippen LogP contribution in [-0.4, -0.2) is 27.6 Å². The topological polar surface area (TPSA) is 49.2 Å². The molecule has 4 nitrogen and oxygen atoms in total. The zero-order valence-electron chi connectivity index (χ0n) is 12.5. The summed E-state index contributed by atoms with van der Waals surface area (Å²) in [6, 6.07) is 7.72. The highest BCUT2D eigenvalue weighted by Gasteiger charge is 2.21. The molecular formula is C15H20ClN3OS. The van der Waals surface area contributed by atoms with E-state index in [-0.39, 0.29) is 12.0 Å². The molecule has 114 valence electrons. The van der Waals surface area contributed by atoms with E-state index in [2.05, 4.69) is 30.1 Å². The first-order valence-corrected chi connectivity index (χ1v) is 8.00. The minimum Gasteiger partial charge on any atom is -0.395 e. The monoisotopic (exact) mass is 325 g/mol. The Balaban J connectivity index is 2.20. The second-order valence-electron chi connectivity index (χ2n) is 5.93. The third-order valence-electron chi connectivity index (χ3n) is 2.99. The van der Waals surface area contributed by atoms with Gasteiger partial charge in [-0.3, -0.25) is 0 Å². The fourth-order valence-corrected chi connectivity index (χ4v) is 2.96. The lowest BCUT2D eigenvalue weighted by molar-refractivity contribution is 0.301. The number of nitrogens with zero attached hydrogens (tertiary/aromatic N) is 3. The van der Waals surface area contributed by atoms with Crippen LogP contribution in [0.25, 0.3) is 0 Å². The molecule has 0 atom stereocenters. The second kappa shape index (κ2) is 6.73. The Hall–Kier alpha value is -1.17. The molecule has 1 aromatic heterocycles. The predicted octanol–water partition coefficient (Wildman–Crippen LogP) is 3.49. The van der Waals surface area contributed by atoms with Crippen molar-refractivity contribution in [2.75, 3.05) is 18.1 Å². The summed E-state index contributed by atoms with van der Waals surface area (Å²) in [6.07, 6.45) is 0. The summed E-state index contributed by atoms with van der Waals surface area (Å²) in [4.78, 5) is 6.63. The van der Waals surface area contributed by atoms with Crippen LogP contribution in [0.15, 0.2) is 24.3 Å². The van der Waals surface area contributed by atoms with Gasteiger partial charge in [-0.2, -0.15) is 4.37 Å². The van der Waals surface area contributed by atoms with Gasteiger partial charge in [-0.15, -0.1) is 0 Å². The molecule has 0 aliphatic rings. The first kappa shape index (κ1) is 16.2. The molecule has 1 N–H and O–H groups in total. The van der Waals surface area contributed by atoms with E-state index in [0.717, 1.165) is 16.5 Å². The molecule has 0 aliphatic carbocycles. The molecule has 1 heterocycles. The van der Waals surface area contributed by atoms with Gasteiger partial charge in [-0.1, -0.05) is 44.5 Å². The third-order valence-corrected chi connectivity index (χ3v) is 4.00. The molecule has 1 aromatic carbocycles.